The van der Waals surface area contributed by atoms with Crippen molar-refractivity contribution in [2.24, 2.45) is 0 Å². The van der Waals surface area contributed by atoms with Crippen molar-refractivity contribution in [3.05, 3.63) is 17.7 Å². The van der Waals surface area contributed by atoms with E-state index in [9.17, 15) is 20.4 Å². The van der Waals surface area contributed by atoms with Crippen LogP contribution >= 0.6 is 11.3 Å². The fraction of sp³-hybridized carbons (Fsp3) is 0.0769. The van der Waals surface area contributed by atoms with E-state index in [-0.39, 0.29) is 28.7 Å². The average molecular weight is 277 g/mol. The summed E-state index contributed by atoms with van der Waals surface area (Å²) in [6.07, 6.45) is 0. The molecule has 0 aliphatic rings. The Morgan fingerprint density at radius 1 is 0.947 bits per heavy atom. The molecule has 3 aromatic rings. The van der Waals surface area contributed by atoms with Gasteiger partial charge < -0.3 is 26.2 Å². The fourth-order valence-corrected chi connectivity index (χ4v) is 3.39. The largest absolute Gasteiger partial charge is 0.504 e. The van der Waals surface area contributed by atoms with Crippen molar-refractivity contribution in [3.8, 4) is 23.0 Å². The number of phenolic OH excluding ortho intramolecular Hbond substituents is 4. The Morgan fingerprint density at radius 2 is 1.63 bits per heavy atom. The number of aromatic hydroxyl groups is 4. The van der Waals surface area contributed by atoms with Crippen LogP contribution in [0, 0.1) is 6.92 Å². The molecule has 0 saturated heterocycles. The second-order valence-corrected chi connectivity index (χ2v) is 5.46. The van der Waals surface area contributed by atoms with Crippen LogP contribution in [0.2, 0.25) is 0 Å². The van der Waals surface area contributed by atoms with Gasteiger partial charge in [0, 0.05) is 15.5 Å². The van der Waals surface area contributed by atoms with E-state index >= 15 is 0 Å². The van der Waals surface area contributed by atoms with Crippen LogP contribution in [0.4, 0.5) is 5.69 Å². The van der Waals surface area contributed by atoms with Crippen molar-refractivity contribution < 1.29 is 20.4 Å². The van der Waals surface area contributed by atoms with Crippen LogP contribution in [0.5, 0.6) is 23.0 Å². The maximum atomic E-state index is 10.0. The lowest BCUT2D eigenvalue weighted by atomic mass is 10.1. The van der Waals surface area contributed by atoms with E-state index in [4.69, 9.17) is 5.73 Å². The molecule has 6 heteroatoms. The molecule has 1 heterocycles. The van der Waals surface area contributed by atoms with Gasteiger partial charge in [0.05, 0.1) is 10.4 Å². The lowest BCUT2D eigenvalue weighted by Crippen LogP contribution is -1.85. The number of nitrogens with two attached hydrogens (primary N) is 1. The number of fused-ring (bicyclic) bond motifs is 3. The Bertz CT molecular complexity index is 838. The number of rotatable bonds is 0. The van der Waals surface area contributed by atoms with E-state index < -0.39 is 0 Å². The van der Waals surface area contributed by atoms with Crippen LogP contribution in [0.3, 0.4) is 0 Å². The van der Waals surface area contributed by atoms with Crippen molar-refractivity contribution in [1.82, 2.24) is 0 Å². The smallest absolute Gasteiger partial charge is 0.182 e. The summed E-state index contributed by atoms with van der Waals surface area (Å²) in [5, 5.41) is 40.3. The summed E-state index contributed by atoms with van der Waals surface area (Å²) < 4.78 is 1.12. The summed E-state index contributed by atoms with van der Waals surface area (Å²) in [7, 11) is 0. The highest BCUT2D eigenvalue weighted by Crippen LogP contribution is 2.50. The fourth-order valence-electron chi connectivity index (χ4n) is 2.16. The minimum atomic E-state index is -0.375. The highest BCUT2D eigenvalue weighted by molar-refractivity contribution is 7.26. The van der Waals surface area contributed by atoms with Crippen LogP contribution in [0.1, 0.15) is 5.56 Å². The van der Waals surface area contributed by atoms with Crippen molar-refractivity contribution in [2.45, 2.75) is 6.92 Å². The number of phenols is 4. The number of thiophene rings is 1. The van der Waals surface area contributed by atoms with E-state index in [1.807, 2.05) is 0 Å². The molecule has 6 N–H and O–H groups in total. The molecule has 19 heavy (non-hydrogen) atoms. The first-order valence-corrected chi connectivity index (χ1v) is 6.31. The zero-order chi connectivity index (χ0) is 13.9. The summed E-state index contributed by atoms with van der Waals surface area (Å²) >= 11 is 1.21. The molecular weight excluding hydrogens is 266 g/mol. The molecule has 3 rings (SSSR count). The zero-order valence-electron chi connectivity index (χ0n) is 9.93. The third kappa shape index (κ3) is 1.40. The molecule has 0 aliphatic heterocycles. The van der Waals surface area contributed by atoms with E-state index in [0.29, 0.717) is 25.7 Å². The van der Waals surface area contributed by atoms with Gasteiger partial charge in [-0.1, -0.05) is 0 Å². The average Bonchev–Trinajstić information content (AvgIpc) is 2.72. The van der Waals surface area contributed by atoms with Crippen LogP contribution < -0.4 is 5.73 Å². The molecule has 0 spiro atoms. The Kier molecular flexibility index (Phi) is 2.21. The first kappa shape index (κ1) is 11.7. The van der Waals surface area contributed by atoms with Crippen LogP contribution in [-0.4, -0.2) is 20.4 Å². The third-order valence-corrected chi connectivity index (χ3v) is 4.33. The first-order valence-electron chi connectivity index (χ1n) is 5.50. The standard InChI is InChI=1S/C13H11NO4S/c1-4-2-7-8(11(17)9(4)15)5-3-6(14)10(16)12(18)13(5)19-7/h2-3,15-18H,14H2,1H3. The Balaban J connectivity index is 2.62. The van der Waals surface area contributed by atoms with Crippen molar-refractivity contribution in [1.29, 1.82) is 0 Å². The van der Waals surface area contributed by atoms with Gasteiger partial charge >= 0.3 is 0 Å². The van der Waals surface area contributed by atoms with Gasteiger partial charge in [-0.3, -0.25) is 0 Å². The summed E-state index contributed by atoms with van der Waals surface area (Å²) in [6.45, 7) is 1.67. The minimum Gasteiger partial charge on any atom is -0.504 e. The van der Waals surface area contributed by atoms with Gasteiger partial charge in [-0.25, -0.2) is 0 Å². The number of benzene rings is 2. The lowest BCUT2D eigenvalue weighted by molar-refractivity contribution is 0.406. The van der Waals surface area contributed by atoms with E-state index in [2.05, 4.69) is 0 Å². The third-order valence-electron chi connectivity index (χ3n) is 3.17. The number of nitrogen functional groups attached to an aromatic ring is 1. The van der Waals surface area contributed by atoms with Gasteiger partial charge in [-0.2, -0.15) is 0 Å². The Morgan fingerprint density at radius 3 is 2.32 bits per heavy atom. The first-order chi connectivity index (χ1) is 8.91. The van der Waals surface area contributed by atoms with Gasteiger partial charge in [0.2, 0.25) is 0 Å². The molecular formula is C13H11NO4S. The summed E-state index contributed by atoms with van der Waals surface area (Å²) in [4.78, 5) is 0. The second kappa shape index (κ2) is 3.58. The molecule has 0 radical (unpaired) electrons. The minimum absolute atomic E-state index is 0.0177. The molecule has 0 amide bonds. The van der Waals surface area contributed by atoms with Gasteiger partial charge in [-0.05, 0) is 24.6 Å². The topological polar surface area (TPSA) is 107 Å². The Labute approximate surface area is 111 Å². The molecule has 0 bridgehead atoms. The van der Waals surface area contributed by atoms with Gasteiger partial charge in [0.25, 0.3) is 0 Å². The number of hydrogen-bond acceptors (Lipinski definition) is 6. The SMILES string of the molecule is Cc1cc2sc3c(O)c(O)c(N)cc3c2c(O)c1O. The van der Waals surface area contributed by atoms with Gasteiger partial charge in [-0.15, -0.1) is 11.3 Å². The summed E-state index contributed by atoms with van der Waals surface area (Å²) in [5.74, 6) is -1.13. The summed E-state index contributed by atoms with van der Waals surface area (Å²) in [5.41, 5.74) is 6.16. The molecule has 98 valence electrons. The monoisotopic (exact) mass is 277 g/mol. The van der Waals surface area contributed by atoms with E-state index in [0.717, 1.165) is 0 Å². The second-order valence-electron chi connectivity index (χ2n) is 4.41. The van der Waals surface area contributed by atoms with Crippen molar-refractivity contribution in [3.63, 3.8) is 0 Å². The van der Waals surface area contributed by atoms with Gasteiger partial charge in [0.1, 0.15) is 0 Å². The zero-order valence-corrected chi connectivity index (χ0v) is 10.7. The predicted molar refractivity (Wildman–Crippen MR) is 75.1 cm³/mol. The maximum Gasteiger partial charge on any atom is 0.182 e. The quantitative estimate of drug-likeness (QED) is 0.321. The number of hydrogen-bond donors (Lipinski definition) is 5. The highest BCUT2D eigenvalue weighted by Gasteiger charge is 2.19. The predicted octanol–water partition coefficient (Wildman–Crippen LogP) is 2.77. The van der Waals surface area contributed by atoms with Crippen molar-refractivity contribution >= 4 is 37.2 Å². The molecule has 0 fully saturated rings. The number of anilines is 1. The summed E-state index contributed by atoms with van der Waals surface area (Å²) in [6, 6.07) is 3.18. The lowest BCUT2D eigenvalue weighted by Gasteiger charge is -2.05. The van der Waals surface area contributed by atoms with Crippen LogP contribution in [-0.2, 0) is 0 Å². The molecule has 0 unspecified atom stereocenters. The molecule has 1 aromatic heterocycles. The van der Waals surface area contributed by atoms with Crippen molar-refractivity contribution in [2.75, 3.05) is 5.73 Å². The van der Waals surface area contributed by atoms with Crippen LogP contribution in [0.15, 0.2) is 12.1 Å². The molecule has 0 saturated carbocycles. The number of aryl methyl sites for hydroxylation is 1. The van der Waals surface area contributed by atoms with Gasteiger partial charge in [0.15, 0.2) is 23.0 Å². The highest BCUT2D eigenvalue weighted by atomic mass is 32.1. The molecule has 0 atom stereocenters. The molecule has 0 aliphatic carbocycles. The maximum absolute atomic E-state index is 10.0. The normalized spacial score (nSPS) is 11.4. The van der Waals surface area contributed by atoms with Crippen LogP contribution in [0.25, 0.3) is 20.2 Å². The van der Waals surface area contributed by atoms with E-state index in [1.165, 1.54) is 17.4 Å². The van der Waals surface area contributed by atoms with E-state index in [1.54, 1.807) is 13.0 Å². The molecule has 2 aromatic carbocycles. The Hall–Kier alpha value is -2.34. The molecule has 5 nitrogen and oxygen atoms in total.